The molecule has 0 aliphatic heterocycles. The normalized spacial score (nSPS) is 11.5. The number of benzene rings is 2. The van der Waals surface area contributed by atoms with Crippen LogP contribution in [0.1, 0.15) is 11.1 Å². The average Bonchev–Trinajstić information content (AvgIpc) is 3.19. The van der Waals surface area contributed by atoms with Crippen molar-refractivity contribution in [3.8, 4) is 0 Å². The molecule has 0 aliphatic carbocycles. The van der Waals surface area contributed by atoms with E-state index in [0.717, 1.165) is 22.0 Å². The Labute approximate surface area is 172 Å². The topological polar surface area (TPSA) is 138 Å². The van der Waals surface area contributed by atoms with Gasteiger partial charge >= 0.3 is 6.09 Å². The first-order valence-electron chi connectivity index (χ1n) is 9.36. The van der Waals surface area contributed by atoms with Crippen LogP contribution in [0.2, 0.25) is 0 Å². The Bertz CT molecular complexity index is 1020. The summed E-state index contributed by atoms with van der Waals surface area (Å²) in [6.45, 7) is -0.232. The van der Waals surface area contributed by atoms with Crippen LogP contribution < -0.4 is 21.9 Å². The SMILES string of the molecule is NNC(=O)CNC(=O)C(Cc1c[nH]c2ccccc12)NC(=O)OCc1ccccc1. The summed E-state index contributed by atoms with van der Waals surface area (Å²) in [4.78, 5) is 39.4. The molecule has 3 aromatic rings. The number of alkyl carbamates (subject to hydrolysis) is 1. The lowest BCUT2D eigenvalue weighted by molar-refractivity contribution is -0.127. The van der Waals surface area contributed by atoms with Gasteiger partial charge in [0.2, 0.25) is 5.91 Å². The van der Waals surface area contributed by atoms with Crippen molar-refractivity contribution in [3.05, 3.63) is 71.9 Å². The standard InChI is InChI=1S/C21H23N5O4/c22-26-19(27)12-24-20(28)18(10-15-11-23-17-9-5-4-8-16(15)17)25-21(29)30-13-14-6-2-1-3-7-14/h1-9,11,18,23H,10,12-13,22H2,(H,24,28)(H,25,29)(H,26,27). The van der Waals surface area contributed by atoms with E-state index < -0.39 is 23.9 Å². The number of carbonyl (C=O) groups is 3. The van der Waals surface area contributed by atoms with Crippen LogP contribution in [0.25, 0.3) is 10.9 Å². The van der Waals surface area contributed by atoms with Gasteiger partial charge in [-0.1, -0.05) is 48.5 Å². The van der Waals surface area contributed by atoms with Gasteiger partial charge in [-0.25, -0.2) is 10.6 Å². The lowest BCUT2D eigenvalue weighted by atomic mass is 10.0. The molecule has 9 heteroatoms. The van der Waals surface area contributed by atoms with Gasteiger partial charge in [0, 0.05) is 23.5 Å². The number of hydrogen-bond donors (Lipinski definition) is 5. The number of aromatic nitrogens is 1. The van der Waals surface area contributed by atoms with Crippen LogP contribution in [-0.4, -0.2) is 35.5 Å². The maximum atomic E-state index is 12.6. The zero-order valence-corrected chi connectivity index (χ0v) is 16.2. The number of hydrazine groups is 1. The molecule has 1 unspecified atom stereocenters. The smallest absolute Gasteiger partial charge is 0.408 e. The van der Waals surface area contributed by atoms with Crippen molar-refractivity contribution in [1.82, 2.24) is 21.0 Å². The van der Waals surface area contributed by atoms with Gasteiger partial charge in [-0.05, 0) is 17.2 Å². The van der Waals surface area contributed by atoms with Crippen molar-refractivity contribution in [3.63, 3.8) is 0 Å². The summed E-state index contributed by atoms with van der Waals surface area (Å²) in [7, 11) is 0. The van der Waals surface area contributed by atoms with Gasteiger partial charge < -0.3 is 20.4 Å². The molecule has 0 spiro atoms. The number of aromatic amines is 1. The monoisotopic (exact) mass is 409 g/mol. The number of nitrogens with two attached hydrogens (primary N) is 1. The predicted molar refractivity (Wildman–Crippen MR) is 111 cm³/mol. The van der Waals surface area contributed by atoms with Gasteiger partial charge in [0.25, 0.3) is 5.91 Å². The van der Waals surface area contributed by atoms with Gasteiger partial charge in [0.1, 0.15) is 12.6 Å². The second kappa shape index (κ2) is 10.1. The van der Waals surface area contributed by atoms with Crippen LogP contribution in [0.3, 0.4) is 0 Å². The molecule has 2 aromatic carbocycles. The number of hydrogen-bond acceptors (Lipinski definition) is 5. The molecule has 0 saturated carbocycles. The minimum absolute atomic E-state index is 0.0731. The molecule has 1 heterocycles. The summed E-state index contributed by atoms with van der Waals surface area (Å²) >= 11 is 0. The van der Waals surface area contributed by atoms with E-state index in [1.54, 1.807) is 6.20 Å². The largest absolute Gasteiger partial charge is 0.445 e. The number of carbonyl (C=O) groups excluding carboxylic acids is 3. The Kier molecular flexibility index (Phi) is 7.01. The summed E-state index contributed by atoms with van der Waals surface area (Å²) in [6, 6.07) is 15.9. The van der Waals surface area contributed by atoms with Crippen molar-refractivity contribution in [2.24, 2.45) is 5.84 Å². The quantitative estimate of drug-likeness (QED) is 0.216. The lowest BCUT2D eigenvalue weighted by Gasteiger charge is -2.18. The third-order valence-electron chi connectivity index (χ3n) is 4.50. The zero-order chi connectivity index (χ0) is 21.3. The molecule has 1 aromatic heterocycles. The number of H-pyrrole nitrogens is 1. The molecule has 1 atom stereocenters. The summed E-state index contributed by atoms with van der Waals surface area (Å²) in [5.41, 5.74) is 4.52. The molecule has 3 amide bonds. The first-order chi connectivity index (χ1) is 14.6. The second-order valence-corrected chi connectivity index (χ2v) is 6.61. The third kappa shape index (κ3) is 5.58. The minimum Gasteiger partial charge on any atom is -0.445 e. The molecule has 9 nitrogen and oxygen atoms in total. The molecule has 0 fully saturated rings. The summed E-state index contributed by atoms with van der Waals surface area (Å²) < 4.78 is 5.23. The Morgan fingerprint density at radius 2 is 1.77 bits per heavy atom. The van der Waals surface area contributed by atoms with Crippen molar-refractivity contribution in [2.75, 3.05) is 6.54 Å². The van der Waals surface area contributed by atoms with E-state index in [9.17, 15) is 14.4 Å². The van der Waals surface area contributed by atoms with E-state index in [0.29, 0.717) is 0 Å². The number of ether oxygens (including phenoxy) is 1. The average molecular weight is 409 g/mol. The highest BCUT2D eigenvalue weighted by Crippen LogP contribution is 2.19. The van der Waals surface area contributed by atoms with E-state index in [2.05, 4.69) is 15.6 Å². The third-order valence-corrected chi connectivity index (χ3v) is 4.50. The van der Waals surface area contributed by atoms with Gasteiger partial charge in [0.15, 0.2) is 0 Å². The Balaban J connectivity index is 1.69. The molecule has 30 heavy (non-hydrogen) atoms. The Morgan fingerprint density at radius 3 is 2.53 bits per heavy atom. The van der Waals surface area contributed by atoms with Gasteiger partial charge in [-0.2, -0.15) is 0 Å². The van der Waals surface area contributed by atoms with E-state index >= 15 is 0 Å². The fourth-order valence-corrected chi connectivity index (χ4v) is 2.98. The number of para-hydroxylation sites is 1. The van der Waals surface area contributed by atoms with Crippen molar-refractivity contribution >= 4 is 28.8 Å². The highest BCUT2D eigenvalue weighted by molar-refractivity contribution is 5.90. The first-order valence-corrected chi connectivity index (χ1v) is 9.36. The Morgan fingerprint density at radius 1 is 1.03 bits per heavy atom. The van der Waals surface area contributed by atoms with Crippen molar-refractivity contribution in [2.45, 2.75) is 19.1 Å². The van der Waals surface area contributed by atoms with Crippen LogP contribution in [0.4, 0.5) is 4.79 Å². The van der Waals surface area contributed by atoms with Crippen molar-refractivity contribution < 1.29 is 19.1 Å². The summed E-state index contributed by atoms with van der Waals surface area (Å²) in [5, 5.41) is 5.98. The molecule has 0 saturated heterocycles. The highest BCUT2D eigenvalue weighted by atomic mass is 16.5. The molecule has 0 aliphatic rings. The fourth-order valence-electron chi connectivity index (χ4n) is 2.98. The van der Waals surface area contributed by atoms with E-state index in [4.69, 9.17) is 10.6 Å². The Hall–Kier alpha value is -3.85. The van der Waals surface area contributed by atoms with Crippen LogP contribution in [0, 0.1) is 0 Å². The minimum atomic E-state index is -0.946. The molecule has 3 rings (SSSR count). The van der Waals surface area contributed by atoms with Crippen molar-refractivity contribution in [1.29, 1.82) is 0 Å². The first kappa shape index (κ1) is 20.9. The number of fused-ring (bicyclic) bond motifs is 1. The van der Waals surface area contributed by atoms with Gasteiger partial charge in [-0.15, -0.1) is 0 Å². The zero-order valence-electron chi connectivity index (χ0n) is 16.2. The molecular weight excluding hydrogens is 386 g/mol. The van der Waals surface area contributed by atoms with Gasteiger partial charge in [0.05, 0.1) is 6.54 Å². The number of rotatable bonds is 8. The maximum absolute atomic E-state index is 12.6. The van der Waals surface area contributed by atoms with Crippen LogP contribution >= 0.6 is 0 Å². The predicted octanol–water partition coefficient (Wildman–Crippen LogP) is 1.11. The van der Waals surface area contributed by atoms with Crippen LogP contribution in [0.15, 0.2) is 60.8 Å². The molecule has 156 valence electrons. The molecular formula is C21H23N5O4. The summed E-state index contributed by atoms with van der Waals surface area (Å²) in [5.74, 6) is 3.96. The van der Waals surface area contributed by atoms with Crippen LogP contribution in [-0.2, 0) is 27.4 Å². The van der Waals surface area contributed by atoms with Gasteiger partial charge in [-0.3, -0.25) is 15.0 Å². The van der Waals surface area contributed by atoms with E-state index in [1.165, 1.54) is 0 Å². The second-order valence-electron chi connectivity index (χ2n) is 6.61. The fraction of sp³-hybridized carbons (Fsp3) is 0.190. The highest BCUT2D eigenvalue weighted by Gasteiger charge is 2.23. The summed E-state index contributed by atoms with van der Waals surface area (Å²) in [6.07, 6.45) is 1.26. The van der Waals surface area contributed by atoms with E-state index in [-0.39, 0.29) is 19.6 Å². The molecule has 0 bridgehead atoms. The number of amides is 3. The van der Waals surface area contributed by atoms with E-state index in [1.807, 2.05) is 60.0 Å². The molecule has 0 radical (unpaired) electrons. The maximum Gasteiger partial charge on any atom is 0.408 e. The number of nitrogens with one attached hydrogen (secondary N) is 4. The van der Waals surface area contributed by atoms with Crippen LogP contribution in [0.5, 0.6) is 0 Å². The molecule has 6 N–H and O–H groups in total. The lowest BCUT2D eigenvalue weighted by Crippen LogP contribution is -2.50.